The minimum Gasteiger partial charge on any atom is -0.205 e. The van der Waals surface area contributed by atoms with Crippen molar-refractivity contribution >= 4 is 0 Å². The van der Waals surface area contributed by atoms with Crippen LogP contribution < -0.4 is 0 Å². The summed E-state index contributed by atoms with van der Waals surface area (Å²) in [6, 6.07) is 5.10. The number of hydrogen-bond donors (Lipinski definition) is 0. The maximum Gasteiger partial charge on any atom is 0.263 e. The Hall–Kier alpha value is -0.920. The Morgan fingerprint density at radius 1 is 0.889 bits per heavy atom. The second-order valence-corrected chi connectivity index (χ2v) is 4.68. The van der Waals surface area contributed by atoms with E-state index in [0.717, 1.165) is 11.1 Å². The second-order valence-electron chi connectivity index (χ2n) is 4.68. The summed E-state index contributed by atoms with van der Waals surface area (Å²) in [6.45, 7) is 15.9. The fourth-order valence-corrected chi connectivity index (χ4v) is 1.37. The lowest BCUT2D eigenvalue weighted by atomic mass is 9.85. The number of benzene rings is 1. The normalized spacial score (nSPS) is 10.2. The van der Waals surface area contributed by atoms with Gasteiger partial charge in [0.05, 0.1) is 0 Å². The van der Waals surface area contributed by atoms with Gasteiger partial charge in [-0.1, -0.05) is 66.2 Å². The van der Waals surface area contributed by atoms with Gasteiger partial charge in [0.25, 0.3) is 6.43 Å². The van der Waals surface area contributed by atoms with E-state index in [4.69, 9.17) is 0 Å². The van der Waals surface area contributed by atoms with Crippen LogP contribution in [0, 0.1) is 6.92 Å². The first-order valence-electron chi connectivity index (χ1n) is 6.71. The highest BCUT2D eigenvalue weighted by atomic mass is 19.3. The average Bonchev–Trinajstić information content (AvgIpc) is 2.32. The van der Waals surface area contributed by atoms with Crippen molar-refractivity contribution in [3.63, 3.8) is 0 Å². The average molecular weight is 258 g/mol. The molecule has 0 nitrogen and oxygen atoms in total. The molecule has 106 valence electrons. The lowest BCUT2D eigenvalue weighted by molar-refractivity contribution is 0.151. The SMILES string of the molecule is CC.CC.Cc1cc(C(F)F)cc(C(C)(C)C)c1. The Balaban J connectivity index is 0. The fraction of sp³-hybridized carbons (Fsp3) is 0.625. The van der Waals surface area contributed by atoms with Gasteiger partial charge in [-0.15, -0.1) is 0 Å². The van der Waals surface area contributed by atoms with Gasteiger partial charge >= 0.3 is 0 Å². The highest BCUT2D eigenvalue weighted by Gasteiger charge is 2.17. The summed E-state index contributed by atoms with van der Waals surface area (Å²) in [5.74, 6) is 0. The van der Waals surface area contributed by atoms with Gasteiger partial charge in [0, 0.05) is 5.56 Å². The first-order valence-corrected chi connectivity index (χ1v) is 6.71. The third-order valence-corrected chi connectivity index (χ3v) is 2.22. The summed E-state index contributed by atoms with van der Waals surface area (Å²) in [5, 5.41) is 0. The van der Waals surface area contributed by atoms with Crippen LogP contribution in [0.25, 0.3) is 0 Å². The predicted molar refractivity (Wildman–Crippen MR) is 77.5 cm³/mol. The first kappa shape index (κ1) is 19.4. The Bertz CT molecular complexity index is 322. The quantitative estimate of drug-likeness (QED) is 0.556. The molecule has 0 atom stereocenters. The molecule has 1 rings (SSSR count). The molecule has 0 aromatic heterocycles. The van der Waals surface area contributed by atoms with E-state index in [1.807, 2.05) is 61.5 Å². The molecule has 0 aliphatic heterocycles. The zero-order valence-electron chi connectivity index (χ0n) is 13.1. The van der Waals surface area contributed by atoms with Gasteiger partial charge < -0.3 is 0 Å². The Kier molecular flexibility index (Phi) is 9.78. The van der Waals surface area contributed by atoms with E-state index in [1.54, 1.807) is 12.1 Å². The summed E-state index contributed by atoms with van der Waals surface area (Å²) in [5.41, 5.74) is 1.91. The molecule has 0 heterocycles. The topological polar surface area (TPSA) is 0 Å². The maximum atomic E-state index is 12.5. The molecule has 0 N–H and O–H groups in total. The van der Waals surface area contributed by atoms with Gasteiger partial charge in [-0.05, 0) is 24.0 Å². The van der Waals surface area contributed by atoms with Gasteiger partial charge in [0.2, 0.25) is 0 Å². The van der Waals surface area contributed by atoms with E-state index in [-0.39, 0.29) is 11.0 Å². The van der Waals surface area contributed by atoms with Crippen molar-refractivity contribution < 1.29 is 8.78 Å². The molecule has 0 spiro atoms. The molecule has 0 saturated carbocycles. The van der Waals surface area contributed by atoms with E-state index in [0.29, 0.717) is 0 Å². The van der Waals surface area contributed by atoms with Crippen molar-refractivity contribution in [3.05, 3.63) is 34.9 Å². The molecule has 0 fully saturated rings. The van der Waals surface area contributed by atoms with E-state index in [2.05, 4.69) is 0 Å². The zero-order chi connectivity index (χ0) is 14.9. The summed E-state index contributed by atoms with van der Waals surface area (Å²) in [4.78, 5) is 0. The summed E-state index contributed by atoms with van der Waals surface area (Å²) in [6.07, 6.45) is -2.38. The van der Waals surface area contributed by atoms with Crippen LogP contribution in [0.5, 0.6) is 0 Å². The van der Waals surface area contributed by atoms with Crippen molar-refractivity contribution in [3.8, 4) is 0 Å². The first-order chi connectivity index (χ1) is 8.30. The predicted octanol–water partition coefficient (Wildman–Crippen LogP) is 6.28. The van der Waals surface area contributed by atoms with Crippen molar-refractivity contribution in [2.45, 2.75) is 67.2 Å². The van der Waals surface area contributed by atoms with Crippen LogP contribution in [0.1, 0.15) is 71.6 Å². The number of hydrogen-bond acceptors (Lipinski definition) is 0. The number of alkyl halides is 2. The smallest absolute Gasteiger partial charge is 0.205 e. The molecule has 0 amide bonds. The van der Waals surface area contributed by atoms with E-state index in [9.17, 15) is 8.78 Å². The zero-order valence-corrected chi connectivity index (χ0v) is 13.1. The Labute approximate surface area is 111 Å². The van der Waals surface area contributed by atoms with E-state index < -0.39 is 6.43 Å². The van der Waals surface area contributed by atoms with Crippen LogP contribution in [0.15, 0.2) is 18.2 Å². The summed E-state index contributed by atoms with van der Waals surface area (Å²) in [7, 11) is 0. The highest BCUT2D eigenvalue weighted by Crippen LogP contribution is 2.28. The number of rotatable bonds is 1. The van der Waals surface area contributed by atoms with Crippen LogP contribution in [0.2, 0.25) is 0 Å². The monoisotopic (exact) mass is 258 g/mol. The Morgan fingerprint density at radius 2 is 1.33 bits per heavy atom. The standard InChI is InChI=1S/C12H16F2.2C2H6/c1-8-5-9(11(13)14)7-10(6-8)12(2,3)4;2*1-2/h5-7,11H,1-4H3;2*1-2H3. The molecule has 0 unspecified atom stereocenters. The Morgan fingerprint density at radius 3 is 1.67 bits per heavy atom. The molecule has 18 heavy (non-hydrogen) atoms. The highest BCUT2D eigenvalue weighted by molar-refractivity contribution is 5.33. The molecule has 0 radical (unpaired) electrons. The molecule has 1 aromatic rings. The summed E-state index contributed by atoms with van der Waals surface area (Å²) < 4.78 is 25.0. The van der Waals surface area contributed by atoms with E-state index >= 15 is 0 Å². The molecule has 0 saturated heterocycles. The van der Waals surface area contributed by atoms with Crippen molar-refractivity contribution in [1.82, 2.24) is 0 Å². The molecule has 2 heteroatoms. The van der Waals surface area contributed by atoms with Gasteiger partial charge in [-0.2, -0.15) is 0 Å². The summed E-state index contributed by atoms with van der Waals surface area (Å²) >= 11 is 0. The second kappa shape index (κ2) is 9.07. The third kappa shape index (κ3) is 6.73. The number of halogens is 2. The molecule has 0 aliphatic rings. The van der Waals surface area contributed by atoms with Crippen molar-refractivity contribution in [2.24, 2.45) is 0 Å². The number of aryl methyl sites for hydroxylation is 1. The molecule has 1 aromatic carbocycles. The third-order valence-electron chi connectivity index (χ3n) is 2.22. The molecule has 0 aliphatic carbocycles. The van der Waals surface area contributed by atoms with Crippen LogP contribution in [-0.2, 0) is 5.41 Å². The van der Waals surface area contributed by atoms with Crippen molar-refractivity contribution in [1.29, 1.82) is 0 Å². The van der Waals surface area contributed by atoms with Gasteiger partial charge in [-0.3, -0.25) is 0 Å². The van der Waals surface area contributed by atoms with Gasteiger partial charge in [0.1, 0.15) is 0 Å². The minimum atomic E-state index is -2.38. The van der Waals surface area contributed by atoms with Gasteiger partial charge in [-0.25, -0.2) is 8.78 Å². The lowest BCUT2D eigenvalue weighted by Gasteiger charge is -2.20. The van der Waals surface area contributed by atoms with Crippen LogP contribution in [0.3, 0.4) is 0 Å². The van der Waals surface area contributed by atoms with Crippen LogP contribution in [0.4, 0.5) is 8.78 Å². The van der Waals surface area contributed by atoms with E-state index in [1.165, 1.54) is 0 Å². The van der Waals surface area contributed by atoms with Gasteiger partial charge in [0.15, 0.2) is 0 Å². The molecular formula is C16H28F2. The van der Waals surface area contributed by atoms with Crippen LogP contribution in [-0.4, -0.2) is 0 Å². The minimum absolute atomic E-state index is 0.0737. The largest absolute Gasteiger partial charge is 0.263 e. The van der Waals surface area contributed by atoms with Crippen LogP contribution >= 0.6 is 0 Å². The maximum absolute atomic E-state index is 12.5. The van der Waals surface area contributed by atoms with Crippen molar-refractivity contribution in [2.75, 3.05) is 0 Å². The fourth-order valence-electron chi connectivity index (χ4n) is 1.37. The molecular weight excluding hydrogens is 230 g/mol. The molecule has 0 bridgehead atoms. The lowest BCUT2D eigenvalue weighted by Crippen LogP contribution is -2.11.